The Morgan fingerprint density at radius 3 is 1.86 bits per heavy atom. The highest BCUT2D eigenvalue weighted by Crippen LogP contribution is 2.37. The third kappa shape index (κ3) is 4.07. The Bertz CT molecular complexity index is 1860. The zero-order valence-corrected chi connectivity index (χ0v) is 20.7. The van der Waals surface area contributed by atoms with Crippen molar-refractivity contribution in [1.82, 2.24) is 15.0 Å². The Morgan fingerprint density at radius 2 is 1.05 bits per heavy atom. The SMILES string of the molecule is c1ccc(-c2cc(-c3ccc4sc5ccccc5c4c3)nc(-c3ccc(-c4ccncc4)cc3)n2)cc1. The maximum Gasteiger partial charge on any atom is 0.160 e. The zero-order valence-electron chi connectivity index (χ0n) is 19.9. The monoisotopic (exact) mass is 491 g/mol. The molecule has 0 saturated heterocycles. The molecule has 3 nitrogen and oxygen atoms in total. The first-order valence-electron chi connectivity index (χ1n) is 12.2. The normalized spacial score (nSPS) is 11.2. The molecular weight excluding hydrogens is 470 g/mol. The average molecular weight is 492 g/mol. The van der Waals surface area contributed by atoms with E-state index in [4.69, 9.17) is 9.97 Å². The maximum absolute atomic E-state index is 5.06. The molecule has 0 aliphatic rings. The molecular formula is C33H21N3S. The van der Waals surface area contributed by atoms with E-state index in [0.717, 1.165) is 39.2 Å². The predicted molar refractivity (Wildman–Crippen MR) is 154 cm³/mol. The topological polar surface area (TPSA) is 38.7 Å². The van der Waals surface area contributed by atoms with Crippen LogP contribution < -0.4 is 0 Å². The van der Waals surface area contributed by atoms with E-state index in [1.807, 2.05) is 54.1 Å². The Labute approximate surface area is 218 Å². The summed E-state index contributed by atoms with van der Waals surface area (Å²) >= 11 is 1.83. The second-order valence-electron chi connectivity index (χ2n) is 8.95. The molecule has 0 N–H and O–H groups in total. The molecule has 0 bridgehead atoms. The number of hydrogen-bond acceptors (Lipinski definition) is 4. The van der Waals surface area contributed by atoms with Gasteiger partial charge in [-0.3, -0.25) is 4.98 Å². The van der Waals surface area contributed by atoms with Crippen LogP contribution in [0.4, 0.5) is 0 Å². The van der Waals surface area contributed by atoms with Gasteiger partial charge in [0, 0.05) is 49.3 Å². The number of benzene rings is 4. The van der Waals surface area contributed by atoms with Crippen LogP contribution in [-0.4, -0.2) is 15.0 Å². The first-order chi connectivity index (χ1) is 18.3. The first kappa shape index (κ1) is 21.6. The lowest BCUT2D eigenvalue weighted by Gasteiger charge is -2.10. The van der Waals surface area contributed by atoms with Crippen LogP contribution in [0.25, 0.3) is 65.2 Å². The molecule has 0 amide bonds. The van der Waals surface area contributed by atoms with Gasteiger partial charge in [-0.2, -0.15) is 0 Å². The minimum atomic E-state index is 0.716. The van der Waals surface area contributed by atoms with E-state index in [1.54, 1.807) is 0 Å². The molecule has 0 atom stereocenters. The van der Waals surface area contributed by atoms with Gasteiger partial charge in [0.05, 0.1) is 11.4 Å². The van der Waals surface area contributed by atoms with Gasteiger partial charge in [-0.25, -0.2) is 9.97 Å². The van der Waals surface area contributed by atoms with Crippen molar-refractivity contribution in [1.29, 1.82) is 0 Å². The molecule has 4 heteroatoms. The second-order valence-corrected chi connectivity index (χ2v) is 10.0. The van der Waals surface area contributed by atoms with Crippen LogP contribution in [0.15, 0.2) is 128 Å². The van der Waals surface area contributed by atoms with E-state index >= 15 is 0 Å². The number of nitrogens with zero attached hydrogens (tertiary/aromatic N) is 3. The lowest BCUT2D eigenvalue weighted by atomic mass is 10.0. The summed E-state index contributed by atoms with van der Waals surface area (Å²) in [5.41, 5.74) is 7.25. The van der Waals surface area contributed by atoms with Gasteiger partial charge in [-0.15, -0.1) is 11.3 Å². The van der Waals surface area contributed by atoms with Gasteiger partial charge in [0.1, 0.15) is 0 Å². The highest BCUT2D eigenvalue weighted by Gasteiger charge is 2.13. The predicted octanol–water partition coefficient (Wildman–Crippen LogP) is 8.91. The van der Waals surface area contributed by atoms with Crippen LogP contribution in [0.5, 0.6) is 0 Å². The third-order valence-electron chi connectivity index (χ3n) is 6.62. The summed E-state index contributed by atoms with van der Waals surface area (Å²) in [5, 5.41) is 2.55. The van der Waals surface area contributed by atoms with Crippen molar-refractivity contribution in [3.8, 4) is 45.0 Å². The highest BCUT2D eigenvalue weighted by atomic mass is 32.1. The fourth-order valence-electron chi connectivity index (χ4n) is 4.72. The van der Waals surface area contributed by atoms with Crippen molar-refractivity contribution in [2.24, 2.45) is 0 Å². The van der Waals surface area contributed by atoms with Gasteiger partial charge < -0.3 is 0 Å². The molecule has 0 radical (unpaired) electrons. The fourth-order valence-corrected chi connectivity index (χ4v) is 5.81. The largest absolute Gasteiger partial charge is 0.265 e. The lowest BCUT2D eigenvalue weighted by Crippen LogP contribution is -1.96. The van der Waals surface area contributed by atoms with Crippen LogP contribution in [0.2, 0.25) is 0 Å². The van der Waals surface area contributed by atoms with E-state index in [1.165, 1.54) is 20.2 Å². The molecule has 0 unspecified atom stereocenters. The Hall–Kier alpha value is -4.67. The second kappa shape index (κ2) is 9.08. The number of thiophene rings is 1. The number of aromatic nitrogens is 3. The zero-order chi connectivity index (χ0) is 24.6. The van der Waals surface area contributed by atoms with Gasteiger partial charge >= 0.3 is 0 Å². The molecule has 0 spiro atoms. The highest BCUT2D eigenvalue weighted by molar-refractivity contribution is 7.25. The van der Waals surface area contributed by atoms with Crippen molar-refractivity contribution in [3.05, 3.63) is 128 Å². The van der Waals surface area contributed by atoms with Gasteiger partial charge in [0.15, 0.2) is 5.82 Å². The molecule has 7 aromatic rings. The fraction of sp³-hybridized carbons (Fsp3) is 0. The van der Waals surface area contributed by atoms with Crippen molar-refractivity contribution < 1.29 is 0 Å². The van der Waals surface area contributed by atoms with Crippen molar-refractivity contribution in [2.75, 3.05) is 0 Å². The summed E-state index contributed by atoms with van der Waals surface area (Å²) in [5.74, 6) is 0.716. The van der Waals surface area contributed by atoms with Crippen LogP contribution in [-0.2, 0) is 0 Å². The molecule has 0 saturated carbocycles. The maximum atomic E-state index is 5.06. The van der Waals surface area contributed by atoms with E-state index in [2.05, 4.69) is 89.9 Å². The van der Waals surface area contributed by atoms with E-state index in [-0.39, 0.29) is 0 Å². The Balaban J connectivity index is 1.37. The molecule has 0 aliphatic carbocycles. The van der Waals surface area contributed by atoms with E-state index < -0.39 is 0 Å². The molecule has 3 heterocycles. The molecule has 7 rings (SSSR count). The first-order valence-corrected chi connectivity index (χ1v) is 13.0. The molecule has 4 aromatic carbocycles. The minimum absolute atomic E-state index is 0.716. The van der Waals surface area contributed by atoms with E-state index in [0.29, 0.717) is 5.82 Å². The number of hydrogen-bond donors (Lipinski definition) is 0. The molecule has 3 aromatic heterocycles. The molecule has 0 fully saturated rings. The van der Waals surface area contributed by atoms with Crippen LogP contribution in [0.1, 0.15) is 0 Å². The standard InChI is InChI=1S/C33H21N3S/c1-2-6-24(7-3-1)29-21-30(26-14-15-32-28(20-26)27-8-4-5-9-31(27)37-32)36-33(35-29)25-12-10-22(11-13-25)23-16-18-34-19-17-23/h1-21H. The van der Waals surface area contributed by atoms with Crippen molar-refractivity contribution >= 4 is 31.5 Å². The van der Waals surface area contributed by atoms with Gasteiger partial charge in [-0.1, -0.05) is 78.9 Å². The summed E-state index contributed by atoms with van der Waals surface area (Å²) in [4.78, 5) is 14.2. The van der Waals surface area contributed by atoms with Crippen molar-refractivity contribution in [3.63, 3.8) is 0 Å². The van der Waals surface area contributed by atoms with Crippen LogP contribution >= 0.6 is 11.3 Å². The van der Waals surface area contributed by atoms with Crippen LogP contribution in [0, 0.1) is 0 Å². The van der Waals surface area contributed by atoms with Gasteiger partial charge in [-0.05, 0) is 47.5 Å². The summed E-state index contributed by atoms with van der Waals surface area (Å²) < 4.78 is 2.59. The summed E-state index contributed by atoms with van der Waals surface area (Å²) in [6, 6.07) is 40.1. The van der Waals surface area contributed by atoms with Gasteiger partial charge in [0.25, 0.3) is 0 Å². The van der Waals surface area contributed by atoms with Crippen LogP contribution in [0.3, 0.4) is 0 Å². The summed E-state index contributed by atoms with van der Waals surface area (Å²) in [7, 11) is 0. The summed E-state index contributed by atoms with van der Waals surface area (Å²) in [6.45, 7) is 0. The smallest absolute Gasteiger partial charge is 0.160 e. The minimum Gasteiger partial charge on any atom is -0.265 e. The quantitative estimate of drug-likeness (QED) is 0.247. The van der Waals surface area contributed by atoms with Gasteiger partial charge in [0.2, 0.25) is 0 Å². The third-order valence-corrected chi connectivity index (χ3v) is 7.78. The molecule has 37 heavy (non-hydrogen) atoms. The molecule has 0 aliphatic heterocycles. The number of fused-ring (bicyclic) bond motifs is 3. The lowest BCUT2D eigenvalue weighted by molar-refractivity contribution is 1.18. The number of pyridine rings is 1. The summed E-state index contributed by atoms with van der Waals surface area (Å²) in [6.07, 6.45) is 3.63. The average Bonchev–Trinajstić information content (AvgIpc) is 3.36. The number of rotatable bonds is 4. The molecule has 174 valence electrons. The van der Waals surface area contributed by atoms with E-state index in [9.17, 15) is 0 Å². The Morgan fingerprint density at radius 1 is 0.432 bits per heavy atom. The Kier molecular flexibility index (Phi) is 5.30. The van der Waals surface area contributed by atoms with Crippen molar-refractivity contribution in [2.45, 2.75) is 0 Å².